The largest absolute Gasteiger partial charge is 0.484 e. The van der Waals surface area contributed by atoms with Gasteiger partial charge >= 0.3 is 0 Å². The van der Waals surface area contributed by atoms with Gasteiger partial charge in [-0.25, -0.2) is 4.98 Å². The van der Waals surface area contributed by atoms with E-state index >= 15 is 0 Å². The number of nitrogens with one attached hydrogen (secondary N) is 3. The molecular formula is C27H20N4O6. The first kappa shape index (κ1) is 23.4. The van der Waals surface area contributed by atoms with Crippen molar-refractivity contribution in [3.8, 4) is 17.2 Å². The van der Waals surface area contributed by atoms with Crippen LogP contribution in [0.25, 0.3) is 22.4 Å². The molecule has 0 unspecified atom stereocenters. The fourth-order valence-corrected chi connectivity index (χ4v) is 3.56. The lowest BCUT2D eigenvalue weighted by molar-refractivity contribution is -0.123. The van der Waals surface area contributed by atoms with E-state index in [1.165, 1.54) is 12.5 Å². The second-order valence-corrected chi connectivity index (χ2v) is 7.80. The standard InChI is InChI=1S/C27H20N4O6/c32-25(16-37-18-7-3-6-17(14-18)28-27(34)24-11-5-13-36-24)30-31-26(33)20-15-22(23-10-4-12-35-23)29-21-9-2-1-8-19(20)21/h1-15H,16H2,(H,28,34)(H,30,32)(H,31,33). The van der Waals surface area contributed by atoms with E-state index < -0.39 is 17.7 Å². The summed E-state index contributed by atoms with van der Waals surface area (Å²) in [6, 6.07) is 21.9. The van der Waals surface area contributed by atoms with Gasteiger partial charge in [0, 0.05) is 17.1 Å². The number of hydrogen-bond donors (Lipinski definition) is 3. The number of hydrogen-bond acceptors (Lipinski definition) is 7. The number of aromatic nitrogens is 1. The minimum atomic E-state index is -0.581. The van der Waals surface area contributed by atoms with Crippen LogP contribution in [-0.2, 0) is 4.79 Å². The Hall–Kier alpha value is -5.38. The van der Waals surface area contributed by atoms with Gasteiger partial charge in [0.25, 0.3) is 17.7 Å². The molecule has 0 atom stereocenters. The van der Waals surface area contributed by atoms with E-state index in [2.05, 4.69) is 21.2 Å². The van der Waals surface area contributed by atoms with Gasteiger partial charge < -0.3 is 18.9 Å². The number of carbonyl (C=O) groups is 3. The molecule has 0 bridgehead atoms. The smallest absolute Gasteiger partial charge is 0.291 e. The number of ether oxygens (including phenoxy) is 1. The zero-order valence-electron chi connectivity index (χ0n) is 19.3. The minimum absolute atomic E-state index is 0.166. The Bertz CT molecular complexity index is 1560. The number of nitrogens with zero attached hydrogens (tertiary/aromatic N) is 1. The molecule has 0 aliphatic heterocycles. The molecule has 0 aliphatic rings. The van der Waals surface area contributed by atoms with Crippen molar-refractivity contribution in [2.24, 2.45) is 0 Å². The summed E-state index contributed by atoms with van der Waals surface area (Å²) in [4.78, 5) is 41.9. The molecule has 5 aromatic rings. The third-order valence-corrected chi connectivity index (χ3v) is 5.26. The highest BCUT2D eigenvalue weighted by molar-refractivity contribution is 6.07. The van der Waals surface area contributed by atoms with Gasteiger partial charge in [-0.1, -0.05) is 24.3 Å². The van der Waals surface area contributed by atoms with Crippen LogP contribution in [0.2, 0.25) is 0 Å². The zero-order valence-corrected chi connectivity index (χ0v) is 19.3. The van der Waals surface area contributed by atoms with Crippen LogP contribution in [0.4, 0.5) is 5.69 Å². The molecule has 0 radical (unpaired) electrons. The van der Waals surface area contributed by atoms with Gasteiger partial charge in [0.05, 0.1) is 23.6 Å². The third kappa shape index (κ3) is 5.49. The first-order valence-corrected chi connectivity index (χ1v) is 11.2. The van der Waals surface area contributed by atoms with Gasteiger partial charge in [0.2, 0.25) is 0 Å². The average Bonchev–Trinajstić information content (AvgIpc) is 3.65. The first-order chi connectivity index (χ1) is 18.1. The van der Waals surface area contributed by atoms with E-state index in [0.717, 1.165) is 0 Å². The normalized spacial score (nSPS) is 10.6. The fraction of sp³-hybridized carbons (Fsp3) is 0.0370. The maximum Gasteiger partial charge on any atom is 0.291 e. The monoisotopic (exact) mass is 496 g/mol. The van der Waals surface area contributed by atoms with Gasteiger partial charge in [-0.15, -0.1) is 0 Å². The number of furan rings is 2. The Morgan fingerprint density at radius 2 is 1.65 bits per heavy atom. The number of para-hydroxylation sites is 1. The second kappa shape index (κ2) is 10.5. The molecule has 0 spiro atoms. The Morgan fingerprint density at radius 3 is 2.46 bits per heavy atom. The number of fused-ring (bicyclic) bond motifs is 1. The van der Waals surface area contributed by atoms with Crippen LogP contribution in [0.5, 0.6) is 5.75 Å². The topological polar surface area (TPSA) is 136 Å². The first-order valence-electron chi connectivity index (χ1n) is 11.2. The highest BCUT2D eigenvalue weighted by Gasteiger charge is 2.16. The lowest BCUT2D eigenvalue weighted by Gasteiger charge is -2.12. The molecule has 0 fully saturated rings. The van der Waals surface area contributed by atoms with Crippen LogP contribution in [-0.4, -0.2) is 29.3 Å². The van der Waals surface area contributed by atoms with E-state index in [9.17, 15) is 14.4 Å². The molecule has 0 saturated heterocycles. The van der Waals surface area contributed by atoms with Crippen molar-refractivity contribution in [1.29, 1.82) is 0 Å². The summed E-state index contributed by atoms with van der Waals surface area (Å²) in [5.74, 6) is -0.492. The van der Waals surface area contributed by atoms with E-state index in [1.54, 1.807) is 72.8 Å². The van der Waals surface area contributed by atoms with Crippen LogP contribution in [0, 0.1) is 0 Å². The van der Waals surface area contributed by atoms with Crippen LogP contribution < -0.4 is 20.9 Å². The highest BCUT2D eigenvalue weighted by atomic mass is 16.5. The van der Waals surface area contributed by atoms with E-state index in [1.807, 2.05) is 6.07 Å². The van der Waals surface area contributed by atoms with Crippen molar-refractivity contribution in [1.82, 2.24) is 15.8 Å². The van der Waals surface area contributed by atoms with Gasteiger partial charge in [0.1, 0.15) is 11.4 Å². The zero-order chi connectivity index (χ0) is 25.6. The van der Waals surface area contributed by atoms with E-state index in [-0.39, 0.29) is 12.4 Å². The van der Waals surface area contributed by atoms with Crippen LogP contribution in [0.1, 0.15) is 20.9 Å². The number of carbonyl (C=O) groups excluding carboxylic acids is 3. The summed E-state index contributed by atoms with van der Waals surface area (Å²) in [7, 11) is 0. The fourth-order valence-electron chi connectivity index (χ4n) is 3.56. The summed E-state index contributed by atoms with van der Waals surface area (Å²) in [6.07, 6.45) is 2.93. The highest BCUT2D eigenvalue weighted by Crippen LogP contribution is 2.25. The summed E-state index contributed by atoms with van der Waals surface area (Å²) >= 11 is 0. The van der Waals surface area contributed by atoms with E-state index in [0.29, 0.717) is 39.4 Å². The Balaban J connectivity index is 1.20. The van der Waals surface area contributed by atoms with Crippen LogP contribution >= 0.6 is 0 Å². The van der Waals surface area contributed by atoms with Gasteiger partial charge in [0.15, 0.2) is 18.1 Å². The summed E-state index contributed by atoms with van der Waals surface area (Å²) < 4.78 is 16.0. The Morgan fingerprint density at radius 1 is 0.811 bits per heavy atom. The molecule has 3 heterocycles. The maximum absolute atomic E-state index is 12.9. The van der Waals surface area contributed by atoms with E-state index in [4.69, 9.17) is 13.6 Å². The van der Waals surface area contributed by atoms with Gasteiger partial charge in [-0.05, 0) is 48.5 Å². The number of hydrazine groups is 1. The van der Waals surface area contributed by atoms with Crippen LogP contribution in [0.3, 0.4) is 0 Å². The summed E-state index contributed by atoms with van der Waals surface area (Å²) in [5, 5.41) is 3.30. The van der Waals surface area contributed by atoms with Gasteiger partial charge in [-0.3, -0.25) is 25.2 Å². The van der Waals surface area contributed by atoms with Crippen LogP contribution in [0.15, 0.2) is 100 Å². The SMILES string of the molecule is O=C(COc1cccc(NC(=O)c2ccco2)c1)NNC(=O)c1cc(-c2ccco2)nc2ccccc12. The Kier molecular flexibility index (Phi) is 6.62. The minimum Gasteiger partial charge on any atom is -0.484 e. The number of pyridine rings is 1. The van der Waals surface area contributed by atoms with Crippen molar-refractivity contribution in [3.63, 3.8) is 0 Å². The Labute approximate surface area is 210 Å². The molecule has 10 nitrogen and oxygen atoms in total. The number of rotatable bonds is 7. The summed E-state index contributed by atoms with van der Waals surface area (Å²) in [5.41, 5.74) is 6.63. The predicted octanol–water partition coefficient (Wildman–Crippen LogP) is 4.18. The number of amides is 3. The molecular weight excluding hydrogens is 476 g/mol. The molecule has 37 heavy (non-hydrogen) atoms. The average molecular weight is 496 g/mol. The molecule has 3 amide bonds. The van der Waals surface area contributed by atoms with Crippen molar-refractivity contribution in [3.05, 3.63) is 103 Å². The number of anilines is 1. The molecule has 10 heteroatoms. The lowest BCUT2D eigenvalue weighted by atomic mass is 10.1. The molecule has 3 aromatic heterocycles. The maximum atomic E-state index is 12.9. The van der Waals surface area contributed by atoms with Gasteiger partial charge in [-0.2, -0.15) is 0 Å². The van der Waals surface area contributed by atoms with Crippen molar-refractivity contribution < 1.29 is 28.0 Å². The van der Waals surface area contributed by atoms with Crippen molar-refractivity contribution in [2.75, 3.05) is 11.9 Å². The molecule has 0 saturated carbocycles. The lowest BCUT2D eigenvalue weighted by Crippen LogP contribution is -2.43. The molecule has 3 N–H and O–H groups in total. The summed E-state index contributed by atoms with van der Waals surface area (Å²) in [6.45, 7) is -0.370. The quantitative estimate of drug-likeness (QED) is 0.288. The molecule has 5 rings (SSSR count). The van der Waals surface area contributed by atoms with Crippen molar-refractivity contribution >= 4 is 34.3 Å². The number of benzene rings is 2. The van der Waals surface area contributed by atoms with Crippen molar-refractivity contribution in [2.45, 2.75) is 0 Å². The predicted molar refractivity (Wildman–Crippen MR) is 134 cm³/mol. The molecule has 2 aromatic carbocycles. The second-order valence-electron chi connectivity index (χ2n) is 7.80. The molecule has 184 valence electrons. The molecule has 0 aliphatic carbocycles. The third-order valence-electron chi connectivity index (χ3n) is 5.26.